The molecule has 0 amide bonds. The van der Waals surface area contributed by atoms with Crippen LogP contribution >= 0.6 is 22.6 Å². The van der Waals surface area contributed by atoms with Gasteiger partial charge in [-0.25, -0.2) is 8.42 Å². The van der Waals surface area contributed by atoms with Crippen LogP contribution in [0.5, 0.6) is 0 Å². The minimum atomic E-state index is -3.49. The quantitative estimate of drug-likeness (QED) is 0.623. The highest BCUT2D eigenvalue weighted by Crippen LogP contribution is 2.17. The lowest BCUT2D eigenvalue weighted by molar-refractivity contribution is 0.150. The number of sulfonamides is 1. The summed E-state index contributed by atoms with van der Waals surface area (Å²) in [6, 6.07) is 6.78. The number of rotatable bonds is 8. The van der Waals surface area contributed by atoms with Crippen LogP contribution in [-0.4, -0.2) is 53.2 Å². The van der Waals surface area contributed by atoms with Crippen molar-refractivity contribution in [2.75, 3.05) is 40.5 Å². The second-order valence-corrected chi connectivity index (χ2v) is 7.03. The average molecular weight is 399 g/mol. The molecule has 0 fully saturated rings. The fourth-order valence-electron chi connectivity index (χ4n) is 1.49. The van der Waals surface area contributed by atoms with Crippen LogP contribution in [0.4, 0.5) is 0 Å². The molecule has 0 bridgehead atoms. The van der Waals surface area contributed by atoms with Gasteiger partial charge >= 0.3 is 0 Å². The molecule has 5 nitrogen and oxygen atoms in total. The lowest BCUT2D eigenvalue weighted by Gasteiger charge is -2.21. The average Bonchev–Trinajstić information content (AvgIpc) is 2.39. The molecule has 0 heterocycles. The summed E-state index contributed by atoms with van der Waals surface area (Å²) < 4.78 is 37.2. The predicted molar refractivity (Wildman–Crippen MR) is 81.7 cm³/mol. The van der Waals surface area contributed by atoms with Crippen LogP contribution in [0.2, 0.25) is 0 Å². The minimum absolute atomic E-state index is 0.292. The van der Waals surface area contributed by atoms with Crippen molar-refractivity contribution in [3.8, 4) is 0 Å². The lowest BCUT2D eigenvalue weighted by atomic mass is 10.4. The van der Waals surface area contributed by atoms with E-state index in [1.807, 2.05) is 0 Å². The summed E-state index contributed by atoms with van der Waals surface area (Å²) in [7, 11) is -0.397. The lowest BCUT2D eigenvalue weighted by Crippen LogP contribution is -2.36. The highest BCUT2D eigenvalue weighted by Gasteiger charge is 2.23. The summed E-state index contributed by atoms with van der Waals surface area (Å²) in [4.78, 5) is 0.292. The molecule has 1 rings (SSSR count). The van der Waals surface area contributed by atoms with Gasteiger partial charge in [-0.2, -0.15) is 4.31 Å². The third kappa shape index (κ3) is 4.99. The van der Waals surface area contributed by atoms with Crippen LogP contribution in [0.3, 0.4) is 0 Å². The Bertz CT molecular complexity index is 467. The largest absolute Gasteiger partial charge is 0.383 e. The summed E-state index contributed by atoms with van der Waals surface area (Å²) in [5.74, 6) is 0. The van der Waals surface area contributed by atoms with Crippen molar-refractivity contribution in [3.63, 3.8) is 0 Å². The fraction of sp³-hybridized carbons (Fsp3) is 0.500. The van der Waals surface area contributed by atoms with Crippen molar-refractivity contribution >= 4 is 32.6 Å². The van der Waals surface area contributed by atoms with Gasteiger partial charge in [0.2, 0.25) is 10.0 Å². The molecule has 0 spiro atoms. The molecule has 1 aromatic carbocycles. The molecule has 19 heavy (non-hydrogen) atoms. The van der Waals surface area contributed by atoms with E-state index in [4.69, 9.17) is 9.47 Å². The topological polar surface area (TPSA) is 55.8 Å². The molecule has 7 heteroatoms. The van der Waals surface area contributed by atoms with Crippen LogP contribution < -0.4 is 0 Å². The number of benzene rings is 1. The van der Waals surface area contributed by atoms with Crippen molar-refractivity contribution in [1.29, 1.82) is 0 Å². The number of hydrogen-bond donors (Lipinski definition) is 0. The zero-order chi connectivity index (χ0) is 14.3. The SMILES string of the molecule is COCCN(CCOC)S(=O)(=O)c1ccc(I)cc1. The Balaban J connectivity index is 2.93. The Labute approximate surface area is 128 Å². The first-order valence-corrected chi connectivity index (χ1v) is 8.28. The molecule has 0 atom stereocenters. The molecule has 0 aliphatic rings. The maximum absolute atomic E-state index is 12.5. The zero-order valence-corrected chi connectivity index (χ0v) is 14.0. The van der Waals surface area contributed by atoms with Crippen molar-refractivity contribution in [1.82, 2.24) is 4.31 Å². The molecule has 0 aliphatic heterocycles. The minimum Gasteiger partial charge on any atom is -0.383 e. The Hall–Kier alpha value is -0.220. The molecule has 0 saturated carbocycles. The smallest absolute Gasteiger partial charge is 0.243 e. The van der Waals surface area contributed by atoms with E-state index in [1.54, 1.807) is 38.5 Å². The highest BCUT2D eigenvalue weighted by atomic mass is 127. The third-order valence-corrected chi connectivity index (χ3v) is 5.17. The van der Waals surface area contributed by atoms with Gasteiger partial charge in [-0.05, 0) is 46.9 Å². The maximum Gasteiger partial charge on any atom is 0.243 e. The van der Waals surface area contributed by atoms with E-state index < -0.39 is 10.0 Å². The van der Waals surface area contributed by atoms with Gasteiger partial charge in [0.05, 0.1) is 18.1 Å². The van der Waals surface area contributed by atoms with Crippen molar-refractivity contribution in [3.05, 3.63) is 27.8 Å². The van der Waals surface area contributed by atoms with Gasteiger partial charge in [-0.15, -0.1) is 0 Å². The van der Waals surface area contributed by atoms with E-state index in [9.17, 15) is 8.42 Å². The molecule has 0 unspecified atom stereocenters. The van der Waals surface area contributed by atoms with E-state index >= 15 is 0 Å². The summed E-state index contributed by atoms with van der Waals surface area (Å²) >= 11 is 2.14. The Morgan fingerprint density at radius 3 is 1.95 bits per heavy atom. The Morgan fingerprint density at radius 2 is 1.53 bits per heavy atom. The molecule has 0 N–H and O–H groups in total. The van der Waals surface area contributed by atoms with E-state index in [0.717, 1.165) is 3.57 Å². The van der Waals surface area contributed by atoms with E-state index in [2.05, 4.69) is 22.6 Å². The van der Waals surface area contributed by atoms with Gasteiger partial charge in [0.15, 0.2) is 0 Å². The van der Waals surface area contributed by atoms with Gasteiger partial charge in [-0.3, -0.25) is 0 Å². The van der Waals surface area contributed by atoms with Gasteiger partial charge in [0.25, 0.3) is 0 Å². The standard InChI is InChI=1S/C12H18INO4S/c1-17-9-7-14(8-10-18-2)19(15,16)12-5-3-11(13)4-6-12/h3-6H,7-10H2,1-2H3. The molecule has 0 radical (unpaired) electrons. The fourth-order valence-corrected chi connectivity index (χ4v) is 3.26. The number of methoxy groups -OCH3 is 2. The maximum atomic E-state index is 12.5. The molecular weight excluding hydrogens is 381 g/mol. The molecular formula is C12H18INO4S. The predicted octanol–water partition coefficient (Wildman–Crippen LogP) is 1.57. The van der Waals surface area contributed by atoms with Crippen LogP contribution in [-0.2, 0) is 19.5 Å². The van der Waals surface area contributed by atoms with E-state index in [1.165, 1.54) is 4.31 Å². The summed E-state index contributed by atoms with van der Waals surface area (Å²) in [5.41, 5.74) is 0. The van der Waals surface area contributed by atoms with Crippen LogP contribution in [0.25, 0.3) is 0 Å². The third-order valence-electron chi connectivity index (χ3n) is 2.54. The molecule has 108 valence electrons. The number of hydrogen-bond acceptors (Lipinski definition) is 4. The van der Waals surface area contributed by atoms with Crippen molar-refractivity contribution in [2.45, 2.75) is 4.90 Å². The van der Waals surface area contributed by atoms with E-state index in [-0.39, 0.29) is 0 Å². The van der Waals surface area contributed by atoms with Crippen LogP contribution in [0.1, 0.15) is 0 Å². The first kappa shape index (κ1) is 16.8. The van der Waals surface area contributed by atoms with E-state index in [0.29, 0.717) is 31.2 Å². The first-order valence-electron chi connectivity index (χ1n) is 5.76. The van der Waals surface area contributed by atoms with Crippen molar-refractivity contribution in [2.24, 2.45) is 0 Å². The summed E-state index contributed by atoms with van der Waals surface area (Å²) in [6.45, 7) is 1.34. The van der Waals surface area contributed by atoms with Crippen LogP contribution in [0, 0.1) is 3.57 Å². The molecule has 0 aromatic heterocycles. The normalized spacial score (nSPS) is 12.0. The summed E-state index contributed by atoms with van der Waals surface area (Å²) in [6.07, 6.45) is 0. The Morgan fingerprint density at radius 1 is 1.05 bits per heavy atom. The molecule has 0 aliphatic carbocycles. The van der Waals surface area contributed by atoms with Gasteiger partial charge in [0.1, 0.15) is 0 Å². The Kier molecular flexibility index (Phi) is 7.22. The second-order valence-electron chi connectivity index (χ2n) is 3.84. The zero-order valence-electron chi connectivity index (χ0n) is 11.0. The first-order chi connectivity index (χ1) is 9.02. The molecule has 1 aromatic rings. The number of ether oxygens (including phenoxy) is 2. The number of halogens is 1. The monoisotopic (exact) mass is 399 g/mol. The van der Waals surface area contributed by atoms with Gasteiger partial charge in [0, 0.05) is 30.9 Å². The van der Waals surface area contributed by atoms with Crippen LogP contribution in [0.15, 0.2) is 29.2 Å². The second kappa shape index (κ2) is 8.15. The van der Waals surface area contributed by atoms with Gasteiger partial charge in [-0.1, -0.05) is 0 Å². The summed E-state index contributed by atoms with van der Waals surface area (Å²) in [5, 5.41) is 0. The number of nitrogens with zero attached hydrogens (tertiary/aromatic N) is 1. The van der Waals surface area contributed by atoms with Crippen molar-refractivity contribution < 1.29 is 17.9 Å². The van der Waals surface area contributed by atoms with Gasteiger partial charge < -0.3 is 9.47 Å². The highest BCUT2D eigenvalue weighted by molar-refractivity contribution is 14.1. The molecule has 0 saturated heterocycles.